The molecule has 0 bridgehead atoms. The standard InChI is InChI=1S/C26H24BrN3O/c1-17-7-12-23(18(2)13-17)29-16-20(14-25(29)31)26-28-22-5-3-4-6-24(22)30(26)15-19-8-10-21(27)11-9-19/h3-13,20H,14-16H2,1-2H3. The number of benzene rings is 3. The monoisotopic (exact) mass is 473 g/mol. The molecule has 0 saturated carbocycles. The normalized spacial score (nSPS) is 16.4. The Labute approximate surface area is 190 Å². The SMILES string of the molecule is Cc1ccc(N2CC(c3nc4ccccc4n3Cc3ccc(Br)cc3)CC2=O)c(C)c1. The zero-order valence-corrected chi connectivity index (χ0v) is 19.3. The van der Waals surface area contributed by atoms with Gasteiger partial charge in [-0.05, 0) is 55.3 Å². The Bertz CT molecular complexity index is 1280. The van der Waals surface area contributed by atoms with Crippen molar-refractivity contribution in [1.82, 2.24) is 9.55 Å². The Morgan fingerprint density at radius 3 is 2.58 bits per heavy atom. The number of amides is 1. The number of carbonyl (C=O) groups is 1. The second kappa shape index (κ2) is 7.97. The van der Waals surface area contributed by atoms with Crippen LogP contribution < -0.4 is 4.90 Å². The number of aryl methyl sites for hydroxylation is 2. The number of imidazole rings is 1. The lowest BCUT2D eigenvalue weighted by Crippen LogP contribution is -2.25. The molecule has 5 heteroatoms. The van der Waals surface area contributed by atoms with Crippen molar-refractivity contribution in [3.8, 4) is 0 Å². The van der Waals surface area contributed by atoms with Crippen molar-refractivity contribution in [3.05, 3.63) is 93.7 Å². The molecular formula is C26H24BrN3O. The summed E-state index contributed by atoms with van der Waals surface area (Å²) in [6.07, 6.45) is 0.483. The lowest BCUT2D eigenvalue weighted by Gasteiger charge is -2.20. The summed E-state index contributed by atoms with van der Waals surface area (Å²) < 4.78 is 3.35. The van der Waals surface area contributed by atoms with Gasteiger partial charge in [0.1, 0.15) is 5.82 Å². The molecule has 1 fully saturated rings. The second-order valence-corrected chi connectivity index (χ2v) is 9.28. The summed E-state index contributed by atoms with van der Waals surface area (Å²) in [4.78, 5) is 19.9. The number of fused-ring (bicyclic) bond motifs is 1. The van der Waals surface area contributed by atoms with Crippen LogP contribution >= 0.6 is 15.9 Å². The topological polar surface area (TPSA) is 38.1 Å². The van der Waals surface area contributed by atoms with E-state index in [1.54, 1.807) is 0 Å². The van der Waals surface area contributed by atoms with Gasteiger partial charge in [0, 0.05) is 35.6 Å². The Morgan fingerprint density at radius 2 is 1.81 bits per heavy atom. The van der Waals surface area contributed by atoms with Crippen LogP contribution in [0, 0.1) is 13.8 Å². The Hall–Kier alpha value is -2.92. The molecule has 1 unspecified atom stereocenters. The van der Waals surface area contributed by atoms with Crippen molar-refractivity contribution in [2.24, 2.45) is 0 Å². The number of para-hydroxylation sites is 2. The zero-order chi connectivity index (χ0) is 21.5. The fourth-order valence-corrected chi connectivity index (χ4v) is 4.83. The van der Waals surface area contributed by atoms with Gasteiger partial charge in [-0.25, -0.2) is 4.98 Å². The van der Waals surface area contributed by atoms with E-state index in [-0.39, 0.29) is 11.8 Å². The summed E-state index contributed by atoms with van der Waals surface area (Å²) in [5, 5.41) is 0. The van der Waals surface area contributed by atoms with Gasteiger partial charge in [-0.3, -0.25) is 4.79 Å². The van der Waals surface area contributed by atoms with Crippen molar-refractivity contribution in [2.45, 2.75) is 32.7 Å². The summed E-state index contributed by atoms with van der Waals surface area (Å²) in [5.74, 6) is 1.22. The average Bonchev–Trinajstić information content (AvgIpc) is 3.30. The van der Waals surface area contributed by atoms with Crippen molar-refractivity contribution < 1.29 is 4.79 Å². The molecule has 1 atom stereocenters. The lowest BCUT2D eigenvalue weighted by molar-refractivity contribution is -0.117. The van der Waals surface area contributed by atoms with Crippen LogP contribution in [0.4, 0.5) is 5.69 Å². The number of hydrogen-bond acceptors (Lipinski definition) is 2. The van der Waals surface area contributed by atoms with E-state index in [1.807, 2.05) is 17.0 Å². The van der Waals surface area contributed by atoms with Gasteiger partial charge in [-0.1, -0.05) is 57.9 Å². The quantitative estimate of drug-likeness (QED) is 0.365. The molecule has 0 radical (unpaired) electrons. The molecule has 4 aromatic rings. The first-order valence-corrected chi connectivity index (χ1v) is 11.4. The van der Waals surface area contributed by atoms with Crippen LogP contribution in [0.2, 0.25) is 0 Å². The van der Waals surface area contributed by atoms with E-state index in [1.165, 1.54) is 11.1 Å². The van der Waals surface area contributed by atoms with Crippen molar-refractivity contribution in [2.75, 3.05) is 11.4 Å². The molecule has 0 N–H and O–H groups in total. The van der Waals surface area contributed by atoms with Crippen LogP contribution in [-0.2, 0) is 11.3 Å². The Kier molecular flexibility index (Phi) is 5.14. The van der Waals surface area contributed by atoms with Crippen LogP contribution in [0.5, 0.6) is 0 Å². The Morgan fingerprint density at radius 1 is 1.03 bits per heavy atom. The van der Waals surface area contributed by atoms with E-state index in [9.17, 15) is 4.79 Å². The maximum absolute atomic E-state index is 13.0. The van der Waals surface area contributed by atoms with Crippen molar-refractivity contribution in [3.63, 3.8) is 0 Å². The second-order valence-electron chi connectivity index (χ2n) is 8.37. The van der Waals surface area contributed by atoms with Crippen LogP contribution in [0.3, 0.4) is 0 Å². The molecule has 1 aliphatic heterocycles. The molecule has 1 amide bonds. The lowest BCUT2D eigenvalue weighted by atomic mass is 10.1. The third-order valence-corrected chi connectivity index (χ3v) is 6.60. The highest BCUT2D eigenvalue weighted by Crippen LogP contribution is 2.35. The predicted octanol–water partition coefficient (Wildman–Crippen LogP) is 5.98. The van der Waals surface area contributed by atoms with Gasteiger partial charge in [-0.2, -0.15) is 0 Å². The molecule has 0 aliphatic carbocycles. The third-order valence-electron chi connectivity index (χ3n) is 6.07. The number of rotatable bonds is 4. The van der Waals surface area contributed by atoms with Gasteiger partial charge in [0.25, 0.3) is 0 Å². The third kappa shape index (κ3) is 3.79. The van der Waals surface area contributed by atoms with Gasteiger partial charge >= 0.3 is 0 Å². The average molecular weight is 474 g/mol. The number of anilines is 1. The Balaban J connectivity index is 1.52. The fourth-order valence-electron chi connectivity index (χ4n) is 4.57. The molecule has 2 heterocycles. The summed E-state index contributed by atoms with van der Waals surface area (Å²) >= 11 is 3.51. The van der Waals surface area contributed by atoms with Gasteiger partial charge in [0.15, 0.2) is 0 Å². The summed E-state index contributed by atoms with van der Waals surface area (Å²) in [6, 6.07) is 22.9. The summed E-state index contributed by atoms with van der Waals surface area (Å²) in [7, 11) is 0. The smallest absolute Gasteiger partial charge is 0.227 e. The maximum atomic E-state index is 13.0. The highest BCUT2D eigenvalue weighted by Gasteiger charge is 2.35. The van der Waals surface area contributed by atoms with Gasteiger partial charge in [-0.15, -0.1) is 0 Å². The predicted molar refractivity (Wildman–Crippen MR) is 129 cm³/mol. The molecule has 4 nitrogen and oxygen atoms in total. The minimum atomic E-state index is 0.0658. The molecule has 1 aromatic heterocycles. The highest BCUT2D eigenvalue weighted by molar-refractivity contribution is 9.10. The molecule has 156 valence electrons. The van der Waals surface area contributed by atoms with E-state index >= 15 is 0 Å². The van der Waals surface area contributed by atoms with Crippen LogP contribution in [-0.4, -0.2) is 22.0 Å². The van der Waals surface area contributed by atoms with E-state index in [0.29, 0.717) is 13.0 Å². The summed E-state index contributed by atoms with van der Waals surface area (Å²) in [6.45, 7) is 5.55. The molecule has 5 rings (SSSR count). The fraction of sp³-hybridized carbons (Fsp3) is 0.231. The molecule has 1 aliphatic rings. The van der Waals surface area contributed by atoms with Crippen LogP contribution in [0.25, 0.3) is 11.0 Å². The van der Waals surface area contributed by atoms with E-state index in [0.717, 1.165) is 39.1 Å². The summed E-state index contributed by atoms with van der Waals surface area (Å²) in [5.41, 5.74) is 6.65. The van der Waals surface area contributed by atoms with Gasteiger partial charge < -0.3 is 9.47 Å². The highest BCUT2D eigenvalue weighted by atomic mass is 79.9. The van der Waals surface area contributed by atoms with Gasteiger partial charge in [0.2, 0.25) is 5.91 Å². The molecule has 3 aromatic carbocycles. The van der Waals surface area contributed by atoms with E-state index in [4.69, 9.17) is 4.98 Å². The van der Waals surface area contributed by atoms with E-state index < -0.39 is 0 Å². The molecule has 0 spiro atoms. The number of carbonyl (C=O) groups excluding carboxylic acids is 1. The number of halogens is 1. The minimum Gasteiger partial charge on any atom is -0.323 e. The van der Waals surface area contributed by atoms with Crippen molar-refractivity contribution in [1.29, 1.82) is 0 Å². The number of hydrogen-bond donors (Lipinski definition) is 0. The maximum Gasteiger partial charge on any atom is 0.227 e. The zero-order valence-electron chi connectivity index (χ0n) is 17.7. The number of aromatic nitrogens is 2. The molecule has 1 saturated heterocycles. The number of nitrogens with zero attached hydrogens (tertiary/aromatic N) is 3. The van der Waals surface area contributed by atoms with Crippen LogP contribution in [0.15, 0.2) is 71.2 Å². The minimum absolute atomic E-state index is 0.0658. The molecular weight excluding hydrogens is 450 g/mol. The van der Waals surface area contributed by atoms with Crippen LogP contribution in [0.1, 0.15) is 34.9 Å². The van der Waals surface area contributed by atoms with Crippen molar-refractivity contribution >= 4 is 38.6 Å². The largest absolute Gasteiger partial charge is 0.323 e. The van der Waals surface area contributed by atoms with E-state index in [2.05, 4.69) is 88.9 Å². The molecule has 31 heavy (non-hydrogen) atoms. The van der Waals surface area contributed by atoms with Gasteiger partial charge in [0.05, 0.1) is 11.0 Å². The first-order chi connectivity index (χ1) is 15.0. The first kappa shape index (κ1) is 20.0. The first-order valence-electron chi connectivity index (χ1n) is 10.6.